The summed E-state index contributed by atoms with van der Waals surface area (Å²) in [5, 5.41) is 20.7. The number of rotatable bonds is 6. The first kappa shape index (κ1) is 15.3. The molecule has 1 aromatic rings. The third-order valence-corrected chi connectivity index (χ3v) is 2.27. The SMILES string of the molecule is C/C(=C\C(=O)OCc1ccc([N+](=O)[O-])cc1)C[N+](=O)[O-]. The molecule has 8 heteroatoms. The molecular formula is C12H12N2O6. The quantitative estimate of drug-likeness (QED) is 0.340. The van der Waals surface area contributed by atoms with Crippen LogP contribution >= 0.6 is 0 Å². The summed E-state index contributed by atoms with van der Waals surface area (Å²) in [4.78, 5) is 30.9. The lowest BCUT2D eigenvalue weighted by atomic mass is 10.2. The number of hydrogen-bond donors (Lipinski definition) is 0. The van der Waals surface area contributed by atoms with E-state index in [4.69, 9.17) is 4.74 Å². The van der Waals surface area contributed by atoms with Crippen LogP contribution in [-0.4, -0.2) is 22.4 Å². The van der Waals surface area contributed by atoms with E-state index >= 15 is 0 Å². The van der Waals surface area contributed by atoms with Crippen molar-refractivity contribution in [2.45, 2.75) is 13.5 Å². The summed E-state index contributed by atoms with van der Waals surface area (Å²) in [7, 11) is 0. The normalized spacial score (nSPS) is 10.9. The number of carbonyl (C=O) groups is 1. The lowest BCUT2D eigenvalue weighted by Crippen LogP contribution is -2.06. The molecule has 0 unspecified atom stereocenters. The molecule has 0 amide bonds. The number of non-ortho nitro benzene ring substituents is 1. The molecule has 1 aromatic carbocycles. The van der Waals surface area contributed by atoms with Crippen molar-refractivity contribution < 1.29 is 19.4 Å². The van der Waals surface area contributed by atoms with Gasteiger partial charge in [-0.05, 0) is 24.6 Å². The van der Waals surface area contributed by atoms with E-state index < -0.39 is 22.4 Å². The summed E-state index contributed by atoms with van der Waals surface area (Å²) in [6.45, 7) is 0.974. The zero-order valence-electron chi connectivity index (χ0n) is 10.6. The molecule has 0 aliphatic carbocycles. The van der Waals surface area contributed by atoms with Gasteiger partial charge in [-0.3, -0.25) is 20.2 Å². The number of ether oxygens (including phenoxy) is 1. The highest BCUT2D eigenvalue weighted by atomic mass is 16.6. The maximum absolute atomic E-state index is 11.4. The van der Waals surface area contributed by atoms with Gasteiger partial charge in [0, 0.05) is 28.7 Å². The van der Waals surface area contributed by atoms with Gasteiger partial charge in [0.25, 0.3) is 5.69 Å². The van der Waals surface area contributed by atoms with Gasteiger partial charge in [0.2, 0.25) is 6.54 Å². The second-order valence-electron chi connectivity index (χ2n) is 4.01. The molecule has 8 nitrogen and oxygen atoms in total. The Hall–Kier alpha value is -2.77. The van der Waals surface area contributed by atoms with E-state index in [1.54, 1.807) is 0 Å². The minimum atomic E-state index is -0.692. The van der Waals surface area contributed by atoms with Crippen molar-refractivity contribution >= 4 is 11.7 Å². The van der Waals surface area contributed by atoms with Gasteiger partial charge in [0.05, 0.1) is 4.92 Å². The van der Waals surface area contributed by atoms with Gasteiger partial charge in [-0.2, -0.15) is 0 Å². The van der Waals surface area contributed by atoms with Crippen LogP contribution in [0.25, 0.3) is 0 Å². The fourth-order valence-electron chi connectivity index (χ4n) is 1.36. The molecule has 0 bridgehead atoms. The average molecular weight is 280 g/mol. The molecule has 0 atom stereocenters. The molecule has 1 rings (SSSR count). The maximum Gasteiger partial charge on any atom is 0.331 e. The smallest absolute Gasteiger partial charge is 0.331 e. The van der Waals surface area contributed by atoms with Crippen molar-refractivity contribution in [2.24, 2.45) is 0 Å². The Morgan fingerprint density at radius 2 is 1.85 bits per heavy atom. The molecule has 0 aliphatic heterocycles. The van der Waals surface area contributed by atoms with Gasteiger partial charge >= 0.3 is 5.97 Å². The molecule has 0 heterocycles. The van der Waals surface area contributed by atoms with Gasteiger partial charge in [0.1, 0.15) is 6.61 Å². The molecule has 20 heavy (non-hydrogen) atoms. The van der Waals surface area contributed by atoms with E-state index in [1.807, 2.05) is 0 Å². The van der Waals surface area contributed by atoms with Crippen LogP contribution < -0.4 is 0 Å². The van der Waals surface area contributed by atoms with Crippen LogP contribution in [-0.2, 0) is 16.1 Å². The molecule has 0 aromatic heterocycles. The zero-order chi connectivity index (χ0) is 15.1. The average Bonchev–Trinajstić information content (AvgIpc) is 2.35. The predicted molar refractivity (Wildman–Crippen MR) is 68.5 cm³/mol. The second-order valence-corrected chi connectivity index (χ2v) is 4.01. The first-order valence-corrected chi connectivity index (χ1v) is 5.57. The molecule has 0 saturated heterocycles. The van der Waals surface area contributed by atoms with Gasteiger partial charge in [0.15, 0.2) is 0 Å². The molecule has 0 saturated carbocycles. The Balaban J connectivity index is 2.52. The van der Waals surface area contributed by atoms with E-state index in [-0.39, 0.29) is 17.9 Å². The predicted octanol–water partition coefficient (Wildman–Crippen LogP) is 1.86. The summed E-state index contributed by atoms with van der Waals surface area (Å²) in [5.74, 6) is -0.692. The van der Waals surface area contributed by atoms with E-state index in [0.717, 1.165) is 6.08 Å². The third-order valence-electron chi connectivity index (χ3n) is 2.27. The summed E-state index contributed by atoms with van der Waals surface area (Å²) in [6, 6.07) is 5.55. The monoisotopic (exact) mass is 280 g/mol. The Labute approximate surface area is 114 Å². The second kappa shape index (κ2) is 6.98. The van der Waals surface area contributed by atoms with E-state index in [1.165, 1.54) is 31.2 Å². The van der Waals surface area contributed by atoms with Crippen molar-refractivity contribution in [3.63, 3.8) is 0 Å². The van der Waals surface area contributed by atoms with Crippen LogP contribution in [0.2, 0.25) is 0 Å². The molecule has 106 valence electrons. The summed E-state index contributed by atoms with van der Waals surface area (Å²) in [5.41, 5.74) is 0.815. The van der Waals surface area contributed by atoms with E-state index in [2.05, 4.69) is 0 Å². The highest BCUT2D eigenvalue weighted by Crippen LogP contribution is 2.12. The minimum Gasteiger partial charge on any atom is -0.458 e. The van der Waals surface area contributed by atoms with Crippen molar-refractivity contribution in [2.75, 3.05) is 6.54 Å². The van der Waals surface area contributed by atoms with Gasteiger partial charge in [-0.25, -0.2) is 4.79 Å². The lowest BCUT2D eigenvalue weighted by Gasteiger charge is -2.02. The summed E-state index contributed by atoms with van der Waals surface area (Å²) < 4.78 is 4.87. The number of carbonyl (C=O) groups excluding carboxylic acids is 1. The van der Waals surface area contributed by atoms with Crippen LogP contribution in [0.1, 0.15) is 12.5 Å². The van der Waals surface area contributed by atoms with E-state index in [9.17, 15) is 25.0 Å². The third kappa shape index (κ3) is 5.25. The first-order chi connectivity index (χ1) is 9.38. The van der Waals surface area contributed by atoms with Crippen LogP contribution in [0.5, 0.6) is 0 Å². The standard InChI is InChI=1S/C12H12N2O6/c1-9(7-13(16)17)6-12(15)20-8-10-2-4-11(5-3-10)14(18)19/h2-6H,7-8H2,1H3/b9-6+. The molecule has 0 fully saturated rings. The molecular weight excluding hydrogens is 268 g/mol. The number of benzene rings is 1. The Morgan fingerprint density at radius 1 is 1.25 bits per heavy atom. The van der Waals surface area contributed by atoms with Crippen molar-refractivity contribution in [1.82, 2.24) is 0 Å². The van der Waals surface area contributed by atoms with Crippen molar-refractivity contribution in [3.05, 3.63) is 61.7 Å². The van der Waals surface area contributed by atoms with Gasteiger partial charge in [-0.15, -0.1) is 0 Å². The number of nitrogens with zero attached hydrogens (tertiary/aromatic N) is 2. The van der Waals surface area contributed by atoms with Crippen molar-refractivity contribution in [1.29, 1.82) is 0 Å². The summed E-state index contributed by atoms with van der Waals surface area (Å²) >= 11 is 0. The highest BCUT2D eigenvalue weighted by molar-refractivity contribution is 5.82. The molecule has 0 radical (unpaired) electrons. The fourth-order valence-corrected chi connectivity index (χ4v) is 1.36. The Morgan fingerprint density at radius 3 is 2.35 bits per heavy atom. The van der Waals surface area contributed by atoms with Crippen molar-refractivity contribution in [3.8, 4) is 0 Å². The number of nitro benzene ring substituents is 1. The summed E-state index contributed by atoms with van der Waals surface area (Å²) in [6.07, 6.45) is 1.05. The van der Waals surface area contributed by atoms with Crippen LogP contribution in [0.15, 0.2) is 35.9 Å². The first-order valence-electron chi connectivity index (χ1n) is 5.57. The molecule has 0 aliphatic rings. The number of esters is 1. The molecule has 0 spiro atoms. The number of hydrogen-bond acceptors (Lipinski definition) is 6. The fraction of sp³-hybridized carbons (Fsp3) is 0.250. The largest absolute Gasteiger partial charge is 0.458 e. The van der Waals surface area contributed by atoms with Crippen LogP contribution in [0, 0.1) is 20.2 Å². The Bertz CT molecular complexity index is 550. The van der Waals surface area contributed by atoms with Gasteiger partial charge in [-0.1, -0.05) is 0 Å². The maximum atomic E-state index is 11.4. The number of nitro groups is 2. The Kier molecular flexibility index (Phi) is 5.33. The highest BCUT2D eigenvalue weighted by Gasteiger charge is 2.07. The minimum absolute atomic E-state index is 0.0539. The van der Waals surface area contributed by atoms with Crippen LogP contribution in [0.3, 0.4) is 0 Å². The molecule has 0 N–H and O–H groups in total. The van der Waals surface area contributed by atoms with Crippen LogP contribution in [0.4, 0.5) is 5.69 Å². The topological polar surface area (TPSA) is 113 Å². The van der Waals surface area contributed by atoms with E-state index in [0.29, 0.717) is 5.56 Å². The lowest BCUT2D eigenvalue weighted by molar-refractivity contribution is -0.470. The van der Waals surface area contributed by atoms with Gasteiger partial charge < -0.3 is 4.74 Å². The zero-order valence-corrected chi connectivity index (χ0v) is 10.6.